The molecule has 160 valence electrons. The molecule has 1 unspecified atom stereocenters. The Morgan fingerprint density at radius 1 is 1.21 bits per heavy atom. The average Bonchev–Trinajstić information content (AvgIpc) is 2.66. The van der Waals surface area contributed by atoms with E-state index in [2.05, 4.69) is 15.6 Å². The lowest BCUT2D eigenvalue weighted by Crippen LogP contribution is -2.38. The van der Waals surface area contributed by atoms with Gasteiger partial charge in [-0.1, -0.05) is 6.07 Å². The Morgan fingerprint density at radius 3 is 2.68 bits per heavy atom. The van der Waals surface area contributed by atoms with Crippen LogP contribution < -0.4 is 15.4 Å². The lowest BCUT2D eigenvalue weighted by atomic mass is 10.2. The third kappa shape index (κ3) is 10.4. The van der Waals surface area contributed by atoms with Crippen LogP contribution in [-0.4, -0.2) is 56.6 Å². The van der Waals surface area contributed by atoms with Gasteiger partial charge in [0.25, 0.3) is 0 Å². The highest BCUT2D eigenvalue weighted by Gasteiger charge is 2.30. The number of halogens is 3. The maximum atomic E-state index is 12.7. The van der Waals surface area contributed by atoms with Gasteiger partial charge < -0.3 is 25.2 Å². The number of rotatable bonds is 12. The standard InChI is InChI=1S/C19H30F3N3O3/c1-3-23-18(24-10-5-6-11-27-4-2)25-13-16(26)14-28-17-9-7-8-15(12-17)19(20,21)22/h7-9,12,16,26H,3-6,10-11,13-14H2,1-2H3,(H2,23,24,25). The number of nitrogens with one attached hydrogen (secondary N) is 2. The second kappa shape index (κ2) is 13.2. The van der Waals surface area contributed by atoms with E-state index < -0.39 is 17.8 Å². The second-order valence-corrected chi connectivity index (χ2v) is 6.04. The average molecular weight is 405 g/mol. The minimum atomic E-state index is -4.43. The Bertz CT molecular complexity index is 583. The van der Waals surface area contributed by atoms with Crippen molar-refractivity contribution in [2.45, 2.75) is 39.0 Å². The van der Waals surface area contributed by atoms with Crippen LogP contribution in [0.15, 0.2) is 29.3 Å². The molecule has 1 aromatic carbocycles. The van der Waals surface area contributed by atoms with Crippen molar-refractivity contribution in [1.29, 1.82) is 0 Å². The van der Waals surface area contributed by atoms with Gasteiger partial charge in [0, 0.05) is 26.3 Å². The molecule has 0 saturated carbocycles. The molecular weight excluding hydrogens is 375 g/mol. The van der Waals surface area contributed by atoms with Gasteiger partial charge in [0.15, 0.2) is 5.96 Å². The van der Waals surface area contributed by atoms with E-state index in [1.54, 1.807) is 0 Å². The van der Waals surface area contributed by atoms with E-state index in [1.807, 2.05) is 13.8 Å². The van der Waals surface area contributed by atoms with Gasteiger partial charge in [-0.3, -0.25) is 4.99 Å². The van der Waals surface area contributed by atoms with Gasteiger partial charge in [0.1, 0.15) is 18.5 Å². The van der Waals surface area contributed by atoms with Crippen molar-refractivity contribution < 1.29 is 27.8 Å². The molecule has 28 heavy (non-hydrogen) atoms. The molecule has 0 aliphatic heterocycles. The topological polar surface area (TPSA) is 75.1 Å². The van der Waals surface area contributed by atoms with Crippen molar-refractivity contribution in [3.05, 3.63) is 29.8 Å². The number of hydrogen-bond acceptors (Lipinski definition) is 4. The highest BCUT2D eigenvalue weighted by atomic mass is 19.4. The van der Waals surface area contributed by atoms with E-state index in [-0.39, 0.29) is 18.9 Å². The van der Waals surface area contributed by atoms with Crippen molar-refractivity contribution in [3.8, 4) is 5.75 Å². The minimum Gasteiger partial charge on any atom is -0.491 e. The summed E-state index contributed by atoms with van der Waals surface area (Å²) in [4.78, 5) is 4.27. The summed E-state index contributed by atoms with van der Waals surface area (Å²) in [5.74, 6) is 0.620. The summed E-state index contributed by atoms with van der Waals surface area (Å²) < 4.78 is 48.6. The van der Waals surface area contributed by atoms with Crippen molar-refractivity contribution in [1.82, 2.24) is 10.6 Å². The molecule has 9 heteroatoms. The molecule has 0 amide bonds. The molecule has 0 heterocycles. The zero-order valence-corrected chi connectivity index (χ0v) is 16.4. The fraction of sp³-hybridized carbons (Fsp3) is 0.632. The molecule has 6 nitrogen and oxygen atoms in total. The molecule has 0 radical (unpaired) electrons. The molecule has 1 aromatic rings. The van der Waals surface area contributed by atoms with E-state index in [9.17, 15) is 18.3 Å². The Hall–Kier alpha value is -2.00. The van der Waals surface area contributed by atoms with Gasteiger partial charge in [-0.2, -0.15) is 13.2 Å². The molecule has 0 bridgehead atoms. The number of aliphatic hydroxyl groups is 1. The van der Waals surface area contributed by atoms with Crippen LogP contribution in [-0.2, 0) is 10.9 Å². The first-order valence-electron chi connectivity index (χ1n) is 9.44. The highest BCUT2D eigenvalue weighted by molar-refractivity contribution is 5.79. The van der Waals surface area contributed by atoms with Crippen molar-refractivity contribution in [2.75, 3.05) is 39.5 Å². The third-order valence-corrected chi connectivity index (χ3v) is 3.62. The van der Waals surface area contributed by atoms with Gasteiger partial charge in [0.2, 0.25) is 0 Å². The molecule has 0 aromatic heterocycles. The Labute approximate surface area is 164 Å². The number of benzene rings is 1. The summed E-state index contributed by atoms with van der Waals surface area (Å²) >= 11 is 0. The zero-order valence-electron chi connectivity index (χ0n) is 16.4. The molecule has 0 fully saturated rings. The molecule has 1 rings (SSSR count). The Kier molecular flexibility index (Phi) is 11.4. The van der Waals surface area contributed by atoms with Gasteiger partial charge in [-0.15, -0.1) is 0 Å². The summed E-state index contributed by atoms with van der Waals surface area (Å²) in [6, 6.07) is 4.56. The normalized spacial score (nSPS) is 13.3. The Morgan fingerprint density at radius 2 is 2.00 bits per heavy atom. The monoisotopic (exact) mass is 405 g/mol. The van der Waals surface area contributed by atoms with Crippen molar-refractivity contribution in [3.63, 3.8) is 0 Å². The van der Waals surface area contributed by atoms with Gasteiger partial charge >= 0.3 is 6.18 Å². The Balaban J connectivity index is 2.41. The summed E-state index contributed by atoms with van der Waals surface area (Å²) in [5, 5.41) is 16.2. The van der Waals surface area contributed by atoms with Crippen molar-refractivity contribution >= 4 is 5.96 Å². The summed E-state index contributed by atoms with van der Waals surface area (Å²) in [6.07, 6.45) is -3.51. The highest BCUT2D eigenvalue weighted by Crippen LogP contribution is 2.31. The minimum absolute atomic E-state index is 0.0529. The number of ether oxygens (including phenoxy) is 2. The van der Waals surface area contributed by atoms with E-state index in [4.69, 9.17) is 9.47 Å². The number of unbranched alkanes of at least 4 members (excludes halogenated alkanes) is 1. The lowest BCUT2D eigenvalue weighted by molar-refractivity contribution is -0.137. The van der Waals surface area contributed by atoms with Crippen LogP contribution in [0.4, 0.5) is 13.2 Å². The van der Waals surface area contributed by atoms with Crippen LogP contribution >= 0.6 is 0 Å². The third-order valence-electron chi connectivity index (χ3n) is 3.62. The molecule has 0 aliphatic rings. The molecule has 0 saturated heterocycles. The molecule has 0 aliphatic carbocycles. The maximum absolute atomic E-state index is 12.7. The number of aliphatic hydroxyl groups excluding tert-OH is 1. The van der Waals surface area contributed by atoms with Crippen LogP contribution in [0.1, 0.15) is 32.3 Å². The van der Waals surface area contributed by atoms with Crippen LogP contribution in [0.2, 0.25) is 0 Å². The fourth-order valence-electron chi connectivity index (χ4n) is 2.23. The second-order valence-electron chi connectivity index (χ2n) is 6.04. The summed E-state index contributed by atoms with van der Waals surface area (Å²) in [5.41, 5.74) is -0.791. The quantitative estimate of drug-likeness (QED) is 0.283. The smallest absolute Gasteiger partial charge is 0.416 e. The molecule has 3 N–H and O–H groups in total. The number of aliphatic imine (C=N–C) groups is 1. The number of alkyl halides is 3. The predicted octanol–water partition coefficient (Wildman–Crippen LogP) is 2.82. The van der Waals surface area contributed by atoms with E-state index >= 15 is 0 Å². The van der Waals surface area contributed by atoms with Crippen LogP contribution in [0, 0.1) is 0 Å². The number of nitrogens with zero attached hydrogens (tertiary/aromatic N) is 1. The molecule has 0 spiro atoms. The first-order chi connectivity index (χ1) is 13.4. The van der Waals surface area contributed by atoms with E-state index in [0.29, 0.717) is 19.1 Å². The summed E-state index contributed by atoms with van der Waals surface area (Å²) in [7, 11) is 0. The van der Waals surface area contributed by atoms with Crippen LogP contribution in [0.3, 0.4) is 0 Å². The van der Waals surface area contributed by atoms with E-state index in [1.165, 1.54) is 12.1 Å². The maximum Gasteiger partial charge on any atom is 0.416 e. The number of hydrogen-bond donors (Lipinski definition) is 3. The van der Waals surface area contributed by atoms with Crippen LogP contribution in [0.5, 0.6) is 5.75 Å². The molecule has 1 atom stereocenters. The summed E-state index contributed by atoms with van der Waals surface area (Å²) in [6.45, 7) is 6.61. The van der Waals surface area contributed by atoms with Crippen LogP contribution in [0.25, 0.3) is 0 Å². The first-order valence-corrected chi connectivity index (χ1v) is 9.44. The molecular formula is C19H30F3N3O3. The van der Waals surface area contributed by atoms with Gasteiger partial charge in [0.05, 0.1) is 12.1 Å². The number of guanidine groups is 1. The zero-order chi connectivity index (χ0) is 20.8. The SMILES string of the molecule is CCNC(=NCC(O)COc1cccc(C(F)(F)F)c1)NCCCCOCC. The van der Waals surface area contributed by atoms with Crippen molar-refractivity contribution in [2.24, 2.45) is 4.99 Å². The largest absolute Gasteiger partial charge is 0.491 e. The van der Waals surface area contributed by atoms with Gasteiger partial charge in [-0.25, -0.2) is 0 Å². The first kappa shape index (κ1) is 24.0. The predicted molar refractivity (Wildman–Crippen MR) is 103 cm³/mol. The fourth-order valence-corrected chi connectivity index (χ4v) is 2.23. The van der Waals surface area contributed by atoms with Gasteiger partial charge in [-0.05, 0) is 44.9 Å². The lowest BCUT2D eigenvalue weighted by Gasteiger charge is -2.14. The van der Waals surface area contributed by atoms with E-state index in [0.717, 1.165) is 38.1 Å².